The summed E-state index contributed by atoms with van der Waals surface area (Å²) in [5.74, 6) is 0. The standard InChI is InChI=1S/C21H14O.C19H12O2/c1-13-6-10-17-18-11-9-15-8-7-14-4-2-3-5-16(14)20(15)21(18)22-19(17)12-13;1-11-6-7-13-17(10-11)21-16-9-8-15-18(19(13)16)12-4-2-3-5-14(12)20-15/h2-12H,1H3;2-10H,1H3. The number of fused-ring (bicyclic) bond motifs is 14. The fraction of sp³-hybridized carbons (Fsp3) is 0.0500. The summed E-state index contributed by atoms with van der Waals surface area (Å²) in [6.45, 7) is 4.18. The van der Waals surface area contributed by atoms with E-state index in [1.54, 1.807) is 0 Å². The summed E-state index contributed by atoms with van der Waals surface area (Å²) in [6, 6.07) is 42.1. The van der Waals surface area contributed by atoms with Gasteiger partial charge in [-0.25, -0.2) is 0 Å². The average molecular weight is 555 g/mol. The Kier molecular flexibility index (Phi) is 5.03. The van der Waals surface area contributed by atoms with Crippen molar-refractivity contribution in [2.75, 3.05) is 0 Å². The van der Waals surface area contributed by atoms with Crippen LogP contribution in [0.5, 0.6) is 0 Å². The van der Waals surface area contributed by atoms with Crippen LogP contribution in [0.2, 0.25) is 0 Å². The topological polar surface area (TPSA) is 39.4 Å². The number of hydrogen-bond donors (Lipinski definition) is 0. The molecule has 43 heavy (non-hydrogen) atoms. The normalized spacial score (nSPS) is 12.0. The molecule has 0 unspecified atom stereocenters. The molecule has 3 nitrogen and oxygen atoms in total. The summed E-state index contributed by atoms with van der Waals surface area (Å²) in [5.41, 5.74) is 8.06. The maximum absolute atomic E-state index is 6.25. The fourth-order valence-corrected chi connectivity index (χ4v) is 6.62. The third-order valence-corrected chi connectivity index (χ3v) is 8.63. The molecule has 0 aliphatic heterocycles. The molecule has 0 spiro atoms. The second kappa shape index (κ2) is 8.98. The van der Waals surface area contributed by atoms with Gasteiger partial charge >= 0.3 is 0 Å². The second-order valence-electron chi connectivity index (χ2n) is 11.4. The molecule has 0 saturated carbocycles. The number of aryl methyl sites for hydroxylation is 2. The van der Waals surface area contributed by atoms with E-state index in [9.17, 15) is 0 Å². The predicted octanol–water partition coefficient (Wildman–Crippen LogP) is 12.0. The lowest BCUT2D eigenvalue weighted by atomic mass is 9.99. The van der Waals surface area contributed by atoms with Gasteiger partial charge in [0.2, 0.25) is 0 Å². The quantitative estimate of drug-likeness (QED) is 0.175. The van der Waals surface area contributed by atoms with E-state index in [-0.39, 0.29) is 0 Å². The molecule has 0 aliphatic rings. The minimum Gasteiger partial charge on any atom is -0.456 e. The van der Waals surface area contributed by atoms with Crippen molar-refractivity contribution in [2.45, 2.75) is 13.8 Å². The molecular formula is C40H26O3. The molecule has 0 aliphatic carbocycles. The summed E-state index contributed by atoms with van der Waals surface area (Å²) in [4.78, 5) is 0. The zero-order chi connectivity index (χ0) is 28.7. The van der Waals surface area contributed by atoms with Crippen molar-refractivity contribution in [1.82, 2.24) is 0 Å². The first kappa shape index (κ1) is 24.1. The van der Waals surface area contributed by atoms with E-state index in [1.165, 1.54) is 43.4 Å². The Labute approximate surface area is 246 Å². The zero-order valence-corrected chi connectivity index (χ0v) is 23.8. The van der Waals surface area contributed by atoms with Crippen LogP contribution in [0.1, 0.15) is 11.1 Å². The Morgan fingerprint density at radius 3 is 1.70 bits per heavy atom. The minimum atomic E-state index is 0.909. The van der Waals surface area contributed by atoms with Crippen LogP contribution < -0.4 is 0 Å². The van der Waals surface area contributed by atoms with Crippen LogP contribution in [-0.2, 0) is 0 Å². The van der Waals surface area contributed by atoms with Crippen molar-refractivity contribution < 1.29 is 13.3 Å². The van der Waals surface area contributed by atoms with Crippen molar-refractivity contribution in [3.63, 3.8) is 0 Å². The van der Waals surface area contributed by atoms with Crippen molar-refractivity contribution >= 4 is 87.4 Å². The van der Waals surface area contributed by atoms with Gasteiger partial charge in [0.25, 0.3) is 0 Å². The summed E-state index contributed by atoms with van der Waals surface area (Å²) in [5, 5.41) is 11.9. The molecule has 0 bridgehead atoms. The van der Waals surface area contributed by atoms with Crippen LogP contribution in [0.25, 0.3) is 87.4 Å². The highest BCUT2D eigenvalue weighted by atomic mass is 16.3. The van der Waals surface area contributed by atoms with Crippen molar-refractivity contribution in [2.24, 2.45) is 0 Å². The Morgan fingerprint density at radius 2 is 0.907 bits per heavy atom. The van der Waals surface area contributed by atoms with E-state index in [0.717, 1.165) is 55.0 Å². The molecule has 0 N–H and O–H groups in total. The van der Waals surface area contributed by atoms with E-state index in [4.69, 9.17) is 13.3 Å². The highest BCUT2D eigenvalue weighted by Gasteiger charge is 2.16. The molecule has 3 heteroatoms. The number of benzene rings is 7. The van der Waals surface area contributed by atoms with Gasteiger partial charge in [0.15, 0.2) is 0 Å². The Hall–Kier alpha value is -5.54. The summed E-state index contributed by atoms with van der Waals surface area (Å²) in [6.07, 6.45) is 0. The van der Waals surface area contributed by atoms with Crippen molar-refractivity contribution in [3.05, 3.63) is 132 Å². The largest absolute Gasteiger partial charge is 0.456 e. The van der Waals surface area contributed by atoms with E-state index in [0.29, 0.717) is 0 Å². The molecule has 204 valence electrons. The molecule has 0 saturated heterocycles. The van der Waals surface area contributed by atoms with Crippen LogP contribution in [-0.4, -0.2) is 0 Å². The number of hydrogen-bond acceptors (Lipinski definition) is 3. The van der Waals surface area contributed by atoms with Crippen molar-refractivity contribution in [3.8, 4) is 0 Å². The summed E-state index contributed by atoms with van der Waals surface area (Å²) < 4.78 is 18.2. The van der Waals surface area contributed by atoms with Crippen LogP contribution >= 0.6 is 0 Å². The summed E-state index contributed by atoms with van der Waals surface area (Å²) >= 11 is 0. The summed E-state index contributed by atoms with van der Waals surface area (Å²) in [7, 11) is 0. The van der Waals surface area contributed by atoms with Gasteiger partial charge in [-0.15, -0.1) is 0 Å². The lowest BCUT2D eigenvalue weighted by Crippen LogP contribution is -1.78. The van der Waals surface area contributed by atoms with Gasteiger partial charge in [-0.2, -0.15) is 0 Å². The second-order valence-corrected chi connectivity index (χ2v) is 11.4. The molecule has 0 amide bonds. The van der Waals surface area contributed by atoms with Gasteiger partial charge in [-0.3, -0.25) is 0 Å². The molecule has 3 aromatic heterocycles. The monoisotopic (exact) mass is 554 g/mol. The lowest BCUT2D eigenvalue weighted by Gasteiger charge is -2.04. The molecule has 10 rings (SSSR count). The van der Waals surface area contributed by atoms with E-state index >= 15 is 0 Å². The molecule has 3 heterocycles. The average Bonchev–Trinajstić information content (AvgIpc) is 3.71. The molecule has 0 radical (unpaired) electrons. The Balaban J connectivity index is 0.000000121. The third-order valence-electron chi connectivity index (χ3n) is 8.63. The molecule has 7 aromatic carbocycles. The number of furan rings is 3. The van der Waals surface area contributed by atoms with Gasteiger partial charge in [0.1, 0.15) is 33.5 Å². The van der Waals surface area contributed by atoms with Gasteiger partial charge in [-0.05, 0) is 77.5 Å². The van der Waals surface area contributed by atoms with Gasteiger partial charge in [0.05, 0.1) is 0 Å². The van der Waals surface area contributed by atoms with Gasteiger partial charge in [0, 0.05) is 37.7 Å². The molecule has 10 aromatic rings. The Morgan fingerprint density at radius 1 is 0.349 bits per heavy atom. The number of para-hydroxylation sites is 1. The predicted molar refractivity (Wildman–Crippen MR) is 179 cm³/mol. The first-order valence-corrected chi connectivity index (χ1v) is 14.6. The fourth-order valence-electron chi connectivity index (χ4n) is 6.62. The molecule has 0 fully saturated rings. The molecular weight excluding hydrogens is 528 g/mol. The van der Waals surface area contributed by atoms with Crippen LogP contribution in [0.4, 0.5) is 0 Å². The van der Waals surface area contributed by atoms with Crippen LogP contribution in [0.15, 0.2) is 135 Å². The molecule has 0 atom stereocenters. The Bertz CT molecular complexity index is 2700. The van der Waals surface area contributed by atoms with Crippen LogP contribution in [0, 0.1) is 13.8 Å². The van der Waals surface area contributed by atoms with E-state index < -0.39 is 0 Å². The number of rotatable bonds is 0. The minimum absolute atomic E-state index is 0.909. The van der Waals surface area contributed by atoms with Gasteiger partial charge < -0.3 is 13.3 Å². The maximum Gasteiger partial charge on any atom is 0.143 e. The van der Waals surface area contributed by atoms with E-state index in [1.807, 2.05) is 30.3 Å². The maximum atomic E-state index is 6.25. The highest BCUT2D eigenvalue weighted by Crippen LogP contribution is 2.40. The van der Waals surface area contributed by atoms with Gasteiger partial charge in [-0.1, -0.05) is 84.9 Å². The zero-order valence-electron chi connectivity index (χ0n) is 23.8. The first-order chi connectivity index (χ1) is 21.1. The lowest BCUT2D eigenvalue weighted by molar-refractivity contribution is 0.662. The van der Waals surface area contributed by atoms with Crippen LogP contribution in [0.3, 0.4) is 0 Å². The highest BCUT2D eigenvalue weighted by molar-refractivity contribution is 6.26. The van der Waals surface area contributed by atoms with E-state index in [2.05, 4.69) is 105 Å². The van der Waals surface area contributed by atoms with Crippen molar-refractivity contribution in [1.29, 1.82) is 0 Å². The third kappa shape index (κ3) is 3.61. The smallest absolute Gasteiger partial charge is 0.143 e. The first-order valence-electron chi connectivity index (χ1n) is 14.6. The SMILES string of the molecule is Cc1ccc2c(c1)oc1c2ccc2ccc3ccccc3c21.Cc1ccc2c(c1)oc1ccc3oc4ccccc4c3c12.